The summed E-state index contributed by atoms with van der Waals surface area (Å²) in [7, 11) is 1.62. The number of nitrogens with one attached hydrogen (secondary N) is 2. The number of nitrogens with zero attached hydrogens (tertiary/aromatic N) is 1. The van der Waals surface area contributed by atoms with Crippen LogP contribution in [-0.2, 0) is 6.42 Å². The Labute approximate surface area is 160 Å². The average Bonchev–Trinajstić information content (AvgIpc) is 2.68. The number of pyridine rings is 1. The number of amides is 2. The molecule has 27 heavy (non-hydrogen) atoms. The maximum atomic E-state index is 12.3. The van der Waals surface area contributed by atoms with Gasteiger partial charge in [0.15, 0.2) is 0 Å². The molecule has 0 saturated heterocycles. The molecule has 2 aromatic rings. The van der Waals surface area contributed by atoms with Gasteiger partial charge in [-0.3, -0.25) is 14.6 Å². The molecule has 1 aromatic carbocycles. The molecule has 0 spiro atoms. The van der Waals surface area contributed by atoms with E-state index in [0.29, 0.717) is 31.0 Å². The Kier molecular flexibility index (Phi) is 7.79. The number of aromatic nitrogens is 1. The van der Waals surface area contributed by atoms with Crippen molar-refractivity contribution < 1.29 is 14.3 Å². The second kappa shape index (κ2) is 10.3. The molecular formula is C21H27N3O3. The number of carbonyl (C=O) groups excluding carboxylic acids is 2. The van der Waals surface area contributed by atoms with E-state index in [1.165, 1.54) is 12.3 Å². The largest absolute Gasteiger partial charge is 0.496 e. The zero-order chi connectivity index (χ0) is 19.6. The summed E-state index contributed by atoms with van der Waals surface area (Å²) in [5, 5.41) is 5.70. The Hall–Kier alpha value is -2.89. The van der Waals surface area contributed by atoms with E-state index in [1.807, 2.05) is 24.3 Å². The van der Waals surface area contributed by atoms with Crippen molar-refractivity contribution in [1.29, 1.82) is 0 Å². The van der Waals surface area contributed by atoms with Crippen LogP contribution in [0.25, 0.3) is 0 Å². The number of hydrogen-bond donors (Lipinski definition) is 2. The molecule has 0 fully saturated rings. The molecular weight excluding hydrogens is 342 g/mol. The van der Waals surface area contributed by atoms with Crippen molar-refractivity contribution in [3.8, 4) is 5.75 Å². The fourth-order valence-electron chi connectivity index (χ4n) is 2.58. The van der Waals surface area contributed by atoms with Gasteiger partial charge in [0, 0.05) is 24.8 Å². The van der Waals surface area contributed by atoms with Crippen molar-refractivity contribution in [3.05, 3.63) is 59.4 Å². The molecule has 0 unspecified atom stereocenters. The van der Waals surface area contributed by atoms with Crippen molar-refractivity contribution in [2.45, 2.75) is 26.7 Å². The summed E-state index contributed by atoms with van der Waals surface area (Å²) in [5.74, 6) is 0.820. The number of benzene rings is 1. The highest BCUT2D eigenvalue weighted by molar-refractivity contribution is 5.98. The predicted molar refractivity (Wildman–Crippen MR) is 105 cm³/mol. The first kappa shape index (κ1) is 20.4. The lowest BCUT2D eigenvalue weighted by atomic mass is 10.1. The van der Waals surface area contributed by atoms with Crippen LogP contribution in [0.2, 0.25) is 0 Å². The van der Waals surface area contributed by atoms with Gasteiger partial charge in [-0.15, -0.1) is 0 Å². The highest BCUT2D eigenvalue weighted by Gasteiger charge is 2.12. The molecule has 0 bridgehead atoms. The number of carbonyl (C=O) groups is 2. The standard InChI is InChI=1S/C21H27N3O3/c1-15(2)8-11-23-20(25)17-10-12-22-18(14-17)21(26)24-13-9-16-6-4-5-7-19(16)27-3/h4-7,10,12,14-15H,8-9,11,13H2,1-3H3,(H,23,25)(H,24,26). The number of methoxy groups -OCH3 is 1. The molecule has 1 heterocycles. The molecule has 0 atom stereocenters. The monoisotopic (exact) mass is 369 g/mol. The molecule has 2 rings (SSSR count). The number of para-hydroxylation sites is 1. The van der Waals surface area contributed by atoms with Gasteiger partial charge in [0.25, 0.3) is 11.8 Å². The van der Waals surface area contributed by atoms with E-state index in [2.05, 4.69) is 29.5 Å². The predicted octanol–water partition coefficient (Wildman–Crippen LogP) is 2.84. The van der Waals surface area contributed by atoms with Crippen LogP contribution >= 0.6 is 0 Å². The fourth-order valence-corrected chi connectivity index (χ4v) is 2.58. The summed E-state index contributed by atoms with van der Waals surface area (Å²) in [4.78, 5) is 28.6. The number of rotatable bonds is 9. The summed E-state index contributed by atoms with van der Waals surface area (Å²) in [5.41, 5.74) is 1.68. The van der Waals surface area contributed by atoms with Gasteiger partial charge in [-0.05, 0) is 42.5 Å². The van der Waals surface area contributed by atoms with E-state index in [1.54, 1.807) is 13.2 Å². The number of hydrogen-bond acceptors (Lipinski definition) is 4. The van der Waals surface area contributed by atoms with E-state index in [4.69, 9.17) is 4.74 Å². The average molecular weight is 369 g/mol. The van der Waals surface area contributed by atoms with Crippen molar-refractivity contribution in [2.75, 3.05) is 20.2 Å². The Bertz CT molecular complexity index is 775. The first-order valence-electron chi connectivity index (χ1n) is 9.15. The van der Waals surface area contributed by atoms with E-state index in [9.17, 15) is 9.59 Å². The molecule has 0 saturated carbocycles. The van der Waals surface area contributed by atoms with Gasteiger partial charge in [-0.1, -0.05) is 32.0 Å². The van der Waals surface area contributed by atoms with Crippen LogP contribution < -0.4 is 15.4 Å². The maximum absolute atomic E-state index is 12.3. The van der Waals surface area contributed by atoms with Crippen LogP contribution in [0.15, 0.2) is 42.6 Å². The van der Waals surface area contributed by atoms with Crippen LogP contribution in [0.1, 0.15) is 46.7 Å². The summed E-state index contributed by atoms with van der Waals surface area (Å²) >= 11 is 0. The molecule has 144 valence electrons. The zero-order valence-corrected chi connectivity index (χ0v) is 16.1. The van der Waals surface area contributed by atoms with E-state index in [-0.39, 0.29) is 17.5 Å². The zero-order valence-electron chi connectivity index (χ0n) is 16.1. The molecule has 0 radical (unpaired) electrons. The van der Waals surface area contributed by atoms with E-state index in [0.717, 1.165) is 17.7 Å². The Morgan fingerprint density at radius 3 is 2.56 bits per heavy atom. The van der Waals surface area contributed by atoms with Gasteiger partial charge < -0.3 is 15.4 Å². The molecule has 2 N–H and O–H groups in total. The van der Waals surface area contributed by atoms with Crippen molar-refractivity contribution in [1.82, 2.24) is 15.6 Å². The third-order valence-electron chi connectivity index (χ3n) is 4.13. The third-order valence-corrected chi connectivity index (χ3v) is 4.13. The fraction of sp³-hybridized carbons (Fsp3) is 0.381. The van der Waals surface area contributed by atoms with Gasteiger partial charge in [0.05, 0.1) is 7.11 Å². The molecule has 0 aliphatic carbocycles. The van der Waals surface area contributed by atoms with Gasteiger partial charge in [0.1, 0.15) is 11.4 Å². The van der Waals surface area contributed by atoms with Gasteiger partial charge in [0.2, 0.25) is 0 Å². The van der Waals surface area contributed by atoms with Crippen molar-refractivity contribution in [2.24, 2.45) is 5.92 Å². The normalized spacial score (nSPS) is 10.5. The molecule has 2 amide bonds. The van der Waals surface area contributed by atoms with Gasteiger partial charge in [-0.2, -0.15) is 0 Å². The minimum atomic E-state index is -0.304. The first-order valence-corrected chi connectivity index (χ1v) is 9.15. The molecule has 0 aliphatic heterocycles. The smallest absolute Gasteiger partial charge is 0.269 e. The second-order valence-corrected chi connectivity index (χ2v) is 6.69. The summed E-state index contributed by atoms with van der Waals surface area (Å²) in [6.07, 6.45) is 3.03. The van der Waals surface area contributed by atoms with Crippen molar-refractivity contribution >= 4 is 11.8 Å². The summed E-state index contributed by atoms with van der Waals surface area (Å²) in [6.45, 7) is 5.27. The first-order chi connectivity index (χ1) is 13.0. The van der Waals surface area contributed by atoms with Crippen LogP contribution in [0.4, 0.5) is 0 Å². The lowest BCUT2D eigenvalue weighted by Crippen LogP contribution is -2.28. The van der Waals surface area contributed by atoms with Crippen molar-refractivity contribution in [3.63, 3.8) is 0 Å². The Morgan fingerprint density at radius 1 is 1.07 bits per heavy atom. The van der Waals surface area contributed by atoms with Gasteiger partial charge in [-0.25, -0.2) is 0 Å². The lowest BCUT2D eigenvalue weighted by Gasteiger charge is -2.10. The highest BCUT2D eigenvalue weighted by Crippen LogP contribution is 2.17. The SMILES string of the molecule is COc1ccccc1CCNC(=O)c1cc(C(=O)NCCC(C)C)ccn1. The number of ether oxygens (including phenoxy) is 1. The molecule has 1 aromatic heterocycles. The van der Waals surface area contributed by atoms with Crippen LogP contribution in [0.3, 0.4) is 0 Å². The van der Waals surface area contributed by atoms with Crippen LogP contribution in [-0.4, -0.2) is 37.0 Å². The quantitative estimate of drug-likeness (QED) is 0.712. The lowest BCUT2D eigenvalue weighted by molar-refractivity contribution is 0.0949. The molecule has 0 aliphatic rings. The maximum Gasteiger partial charge on any atom is 0.269 e. The van der Waals surface area contributed by atoms with Crippen LogP contribution in [0, 0.1) is 5.92 Å². The highest BCUT2D eigenvalue weighted by atomic mass is 16.5. The Morgan fingerprint density at radius 2 is 1.81 bits per heavy atom. The minimum absolute atomic E-state index is 0.193. The van der Waals surface area contributed by atoms with Crippen LogP contribution in [0.5, 0.6) is 5.75 Å². The molecule has 6 heteroatoms. The summed E-state index contributed by atoms with van der Waals surface area (Å²) in [6, 6.07) is 10.8. The van der Waals surface area contributed by atoms with E-state index < -0.39 is 0 Å². The third kappa shape index (κ3) is 6.40. The Balaban J connectivity index is 1.90. The molecule has 6 nitrogen and oxygen atoms in total. The van der Waals surface area contributed by atoms with Gasteiger partial charge >= 0.3 is 0 Å². The topological polar surface area (TPSA) is 80.3 Å². The minimum Gasteiger partial charge on any atom is -0.496 e. The second-order valence-electron chi connectivity index (χ2n) is 6.69. The van der Waals surface area contributed by atoms with E-state index >= 15 is 0 Å². The summed E-state index contributed by atoms with van der Waals surface area (Å²) < 4.78 is 5.31.